The van der Waals surface area contributed by atoms with Crippen LogP contribution in [0.3, 0.4) is 0 Å². The van der Waals surface area contributed by atoms with Crippen LogP contribution in [0.2, 0.25) is 5.02 Å². The number of benzene rings is 1. The Morgan fingerprint density at radius 1 is 1.55 bits per heavy atom. The molecule has 0 radical (unpaired) electrons. The Labute approximate surface area is 136 Å². The zero-order valence-electron chi connectivity index (χ0n) is 11.2. The average molecular weight is 401 g/mol. The van der Waals surface area contributed by atoms with Gasteiger partial charge in [-0.05, 0) is 48.1 Å². The SMILES string of the molecule is Cc1c(-c2nn(CC(C)N)cc2I)ccc(C#N)c1Cl. The van der Waals surface area contributed by atoms with Gasteiger partial charge in [-0.3, -0.25) is 4.68 Å². The van der Waals surface area contributed by atoms with Crippen LogP contribution in [0.15, 0.2) is 18.3 Å². The van der Waals surface area contributed by atoms with Crippen molar-refractivity contribution in [3.05, 3.63) is 38.0 Å². The molecule has 4 nitrogen and oxygen atoms in total. The number of hydrogen-bond acceptors (Lipinski definition) is 3. The smallest absolute Gasteiger partial charge is 0.106 e. The Hall–Kier alpha value is -1.10. The van der Waals surface area contributed by atoms with Gasteiger partial charge in [0.15, 0.2) is 0 Å². The van der Waals surface area contributed by atoms with Crippen LogP contribution in [0.5, 0.6) is 0 Å². The normalized spacial score (nSPS) is 12.2. The average Bonchev–Trinajstić information content (AvgIpc) is 2.72. The number of halogens is 2. The van der Waals surface area contributed by atoms with Crippen LogP contribution in [0.25, 0.3) is 11.3 Å². The molecule has 0 aliphatic heterocycles. The van der Waals surface area contributed by atoms with Crippen molar-refractivity contribution < 1.29 is 0 Å². The molecule has 1 heterocycles. The summed E-state index contributed by atoms with van der Waals surface area (Å²) >= 11 is 8.46. The van der Waals surface area contributed by atoms with E-state index in [9.17, 15) is 0 Å². The minimum Gasteiger partial charge on any atom is -0.326 e. The quantitative estimate of drug-likeness (QED) is 0.804. The summed E-state index contributed by atoms with van der Waals surface area (Å²) in [5, 5.41) is 14.0. The first-order valence-corrected chi connectivity index (χ1v) is 7.57. The van der Waals surface area contributed by atoms with E-state index >= 15 is 0 Å². The minimum absolute atomic E-state index is 0.0456. The summed E-state index contributed by atoms with van der Waals surface area (Å²) in [6.45, 7) is 4.51. The molecule has 0 saturated carbocycles. The van der Waals surface area contributed by atoms with E-state index in [1.165, 1.54) is 0 Å². The maximum Gasteiger partial charge on any atom is 0.106 e. The highest BCUT2D eigenvalue weighted by Gasteiger charge is 2.15. The predicted octanol–water partition coefficient (Wildman–Crippen LogP) is 3.34. The van der Waals surface area contributed by atoms with Crippen LogP contribution < -0.4 is 5.73 Å². The van der Waals surface area contributed by atoms with Crippen molar-refractivity contribution >= 4 is 34.2 Å². The van der Waals surface area contributed by atoms with Gasteiger partial charge in [0.05, 0.1) is 20.7 Å². The highest BCUT2D eigenvalue weighted by atomic mass is 127. The van der Waals surface area contributed by atoms with E-state index in [4.69, 9.17) is 22.6 Å². The lowest BCUT2D eigenvalue weighted by Crippen LogP contribution is -2.22. The molecule has 0 fully saturated rings. The first-order chi connectivity index (χ1) is 9.43. The topological polar surface area (TPSA) is 67.6 Å². The van der Waals surface area contributed by atoms with Gasteiger partial charge in [-0.15, -0.1) is 0 Å². The molecule has 6 heteroatoms. The summed E-state index contributed by atoms with van der Waals surface area (Å²) < 4.78 is 2.87. The number of rotatable bonds is 3. The van der Waals surface area contributed by atoms with E-state index in [-0.39, 0.29) is 6.04 Å². The fourth-order valence-electron chi connectivity index (χ4n) is 2.00. The van der Waals surface area contributed by atoms with E-state index < -0.39 is 0 Å². The zero-order valence-corrected chi connectivity index (χ0v) is 14.1. The second-order valence-electron chi connectivity index (χ2n) is 4.74. The van der Waals surface area contributed by atoms with Gasteiger partial charge in [0.25, 0.3) is 0 Å². The van der Waals surface area contributed by atoms with Crippen LogP contribution in [-0.2, 0) is 6.54 Å². The van der Waals surface area contributed by atoms with Gasteiger partial charge in [0.1, 0.15) is 11.8 Å². The summed E-state index contributed by atoms with van der Waals surface area (Å²) in [4.78, 5) is 0. The van der Waals surface area contributed by atoms with Crippen molar-refractivity contribution in [2.45, 2.75) is 26.4 Å². The number of nitriles is 1. The number of hydrogen-bond donors (Lipinski definition) is 1. The molecule has 0 amide bonds. The minimum atomic E-state index is 0.0456. The maximum absolute atomic E-state index is 8.99. The fourth-order valence-corrected chi connectivity index (χ4v) is 2.92. The van der Waals surface area contributed by atoms with Gasteiger partial charge in [-0.25, -0.2) is 0 Å². The van der Waals surface area contributed by atoms with Crippen molar-refractivity contribution in [3.8, 4) is 17.3 Å². The lowest BCUT2D eigenvalue weighted by Gasteiger charge is -2.07. The molecule has 1 aromatic carbocycles. The molecule has 2 N–H and O–H groups in total. The molecule has 0 spiro atoms. The largest absolute Gasteiger partial charge is 0.326 e. The van der Waals surface area contributed by atoms with E-state index in [1.807, 2.05) is 30.8 Å². The Bertz CT molecular complexity index is 685. The number of aromatic nitrogens is 2. The molecule has 0 bridgehead atoms. The van der Waals surface area contributed by atoms with Crippen molar-refractivity contribution in [3.63, 3.8) is 0 Å². The van der Waals surface area contributed by atoms with E-state index in [0.717, 1.165) is 20.4 Å². The Morgan fingerprint density at radius 3 is 2.85 bits per heavy atom. The Morgan fingerprint density at radius 2 is 2.25 bits per heavy atom. The first kappa shape index (κ1) is 15.3. The standard InChI is InChI=1S/C14H14ClIN4/c1-8(18)6-20-7-12(16)14(19-20)11-4-3-10(5-17)13(15)9(11)2/h3-4,7-8H,6,18H2,1-2H3. The third-order valence-corrected chi connectivity index (χ3v) is 4.23. The molecular formula is C14H14ClIN4. The van der Waals surface area contributed by atoms with Crippen molar-refractivity contribution in [1.29, 1.82) is 5.26 Å². The highest BCUT2D eigenvalue weighted by Crippen LogP contribution is 2.32. The van der Waals surface area contributed by atoms with Crippen LogP contribution in [-0.4, -0.2) is 15.8 Å². The summed E-state index contributed by atoms with van der Waals surface area (Å²) in [5.74, 6) is 0. The molecule has 20 heavy (non-hydrogen) atoms. The molecule has 1 aromatic heterocycles. The Kier molecular flexibility index (Phi) is 4.68. The number of nitrogens with zero attached hydrogens (tertiary/aromatic N) is 3. The van der Waals surface area contributed by atoms with Crippen molar-refractivity contribution in [1.82, 2.24) is 9.78 Å². The summed E-state index contributed by atoms with van der Waals surface area (Å²) in [7, 11) is 0. The third-order valence-electron chi connectivity index (χ3n) is 2.95. The molecule has 1 atom stereocenters. The van der Waals surface area contributed by atoms with Gasteiger partial charge >= 0.3 is 0 Å². The monoisotopic (exact) mass is 400 g/mol. The summed E-state index contributed by atoms with van der Waals surface area (Å²) in [5.41, 5.74) is 8.96. The first-order valence-electron chi connectivity index (χ1n) is 6.12. The zero-order chi connectivity index (χ0) is 14.9. The molecule has 2 rings (SSSR count). The van der Waals surface area contributed by atoms with Crippen LogP contribution >= 0.6 is 34.2 Å². The van der Waals surface area contributed by atoms with Gasteiger partial charge in [0, 0.05) is 17.8 Å². The second kappa shape index (κ2) is 6.12. The van der Waals surface area contributed by atoms with Gasteiger partial charge in [-0.2, -0.15) is 10.4 Å². The van der Waals surface area contributed by atoms with Crippen LogP contribution in [0, 0.1) is 21.8 Å². The summed E-state index contributed by atoms with van der Waals surface area (Å²) in [6, 6.07) is 5.75. The molecule has 0 saturated heterocycles. The molecule has 2 aromatic rings. The van der Waals surface area contributed by atoms with Crippen molar-refractivity contribution in [2.24, 2.45) is 5.73 Å². The maximum atomic E-state index is 8.99. The predicted molar refractivity (Wildman–Crippen MR) is 88.5 cm³/mol. The molecular weight excluding hydrogens is 387 g/mol. The highest BCUT2D eigenvalue weighted by molar-refractivity contribution is 14.1. The van der Waals surface area contributed by atoms with Crippen LogP contribution in [0.4, 0.5) is 0 Å². The van der Waals surface area contributed by atoms with Gasteiger partial charge < -0.3 is 5.73 Å². The van der Waals surface area contributed by atoms with Gasteiger partial charge in [0.2, 0.25) is 0 Å². The van der Waals surface area contributed by atoms with E-state index in [1.54, 1.807) is 6.07 Å². The fraction of sp³-hybridized carbons (Fsp3) is 0.286. The molecule has 0 aliphatic rings. The molecule has 104 valence electrons. The molecule has 0 aliphatic carbocycles. The van der Waals surface area contributed by atoms with Crippen molar-refractivity contribution in [2.75, 3.05) is 0 Å². The van der Waals surface area contributed by atoms with E-state index in [0.29, 0.717) is 17.1 Å². The van der Waals surface area contributed by atoms with Gasteiger partial charge in [-0.1, -0.05) is 17.7 Å². The summed E-state index contributed by atoms with van der Waals surface area (Å²) in [6.07, 6.45) is 1.96. The molecule has 1 unspecified atom stereocenters. The third kappa shape index (κ3) is 2.97. The number of nitrogens with two attached hydrogens (primary N) is 1. The van der Waals surface area contributed by atoms with E-state index in [2.05, 4.69) is 33.8 Å². The lowest BCUT2D eigenvalue weighted by atomic mass is 10.0. The Balaban J connectivity index is 2.50. The second-order valence-corrected chi connectivity index (χ2v) is 6.28. The lowest BCUT2D eigenvalue weighted by molar-refractivity contribution is 0.539. The van der Waals surface area contributed by atoms with Crippen LogP contribution in [0.1, 0.15) is 18.1 Å².